The van der Waals surface area contributed by atoms with Crippen LogP contribution >= 0.6 is 0 Å². The molecule has 0 bridgehead atoms. The summed E-state index contributed by atoms with van der Waals surface area (Å²) >= 11 is 0. The topological polar surface area (TPSA) is 50.4 Å². The molecule has 0 unspecified atom stereocenters. The molecule has 12 heavy (non-hydrogen) atoms. The van der Waals surface area contributed by atoms with Gasteiger partial charge in [0.15, 0.2) is 5.96 Å². The van der Waals surface area contributed by atoms with Gasteiger partial charge in [0.25, 0.3) is 0 Å². The second-order valence-electron chi connectivity index (χ2n) is 3.97. The van der Waals surface area contributed by atoms with E-state index in [9.17, 15) is 0 Å². The average molecular weight is 171 g/mol. The standard InChI is InChI=1S/C9H21N3/c1-6-9(4,5)12-8(10)11-7(2)3/h7H,6H2,1-5H3,(H3,10,11,12). The first-order chi connectivity index (χ1) is 5.37. The van der Waals surface area contributed by atoms with Gasteiger partial charge in [-0.3, -0.25) is 4.99 Å². The van der Waals surface area contributed by atoms with Gasteiger partial charge in [0.05, 0.1) is 0 Å². The molecule has 3 nitrogen and oxygen atoms in total. The van der Waals surface area contributed by atoms with Crippen LogP contribution in [0.25, 0.3) is 0 Å². The smallest absolute Gasteiger partial charge is 0.189 e. The Balaban J connectivity index is 4.08. The third kappa shape index (κ3) is 4.99. The molecule has 0 heterocycles. The van der Waals surface area contributed by atoms with Crippen molar-refractivity contribution >= 4 is 5.96 Å². The molecule has 0 aliphatic carbocycles. The molecule has 0 aromatic rings. The SMILES string of the molecule is CCC(C)(C)NC(N)=NC(C)C. The van der Waals surface area contributed by atoms with Crippen LogP contribution in [0.15, 0.2) is 4.99 Å². The Bertz CT molecular complexity index is 159. The van der Waals surface area contributed by atoms with E-state index in [0.29, 0.717) is 5.96 Å². The van der Waals surface area contributed by atoms with Crippen LogP contribution in [-0.4, -0.2) is 17.5 Å². The van der Waals surface area contributed by atoms with E-state index in [1.54, 1.807) is 0 Å². The van der Waals surface area contributed by atoms with E-state index in [-0.39, 0.29) is 11.6 Å². The van der Waals surface area contributed by atoms with Crippen LogP contribution in [0.5, 0.6) is 0 Å². The van der Waals surface area contributed by atoms with Gasteiger partial charge in [-0.05, 0) is 34.1 Å². The molecular formula is C9H21N3. The first-order valence-corrected chi connectivity index (χ1v) is 4.49. The molecule has 0 fully saturated rings. The van der Waals surface area contributed by atoms with E-state index >= 15 is 0 Å². The lowest BCUT2D eigenvalue weighted by Gasteiger charge is -2.25. The summed E-state index contributed by atoms with van der Waals surface area (Å²) in [5, 5.41) is 3.16. The zero-order chi connectivity index (χ0) is 9.78. The van der Waals surface area contributed by atoms with Gasteiger partial charge in [0.2, 0.25) is 0 Å². The molecule has 3 N–H and O–H groups in total. The number of hydrogen-bond donors (Lipinski definition) is 2. The number of hydrogen-bond acceptors (Lipinski definition) is 1. The quantitative estimate of drug-likeness (QED) is 0.499. The minimum Gasteiger partial charge on any atom is -0.370 e. The van der Waals surface area contributed by atoms with Crippen molar-refractivity contribution in [1.29, 1.82) is 0 Å². The molecule has 0 rings (SSSR count). The summed E-state index contributed by atoms with van der Waals surface area (Å²) in [5.41, 5.74) is 5.72. The van der Waals surface area contributed by atoms with Crippen LogP contribution in [0.1, 0.15) is 41.0 Å². The van der Waals surface area contributed by atoms with Gasteiger partial charge in [-0.25, -0.2) is 0 Å². The third-order valence-corrected chi connectivity index (χ3v) is 1.75. The maximum atomic E-state index is 5.68. The van der Waals surface area contributed by atoms with E-state index in [2.05, 4.69) is 31.1 Å². The summed E-state index contributed by atoms with van der Waals surface area (Å²) in [5.74, 6) is 0.539. The molecule has 0 aliphatic heterocycles. The Morgan fingerprint density at radius 1 is 1.50 bits per heavy atom. The molecule has 0 saturated heterocycles. The number of nitrogens with zero attached hydrogens (tertiary/aromatic N) is 1. The van der Waals surface area contributed by atoms with Crippen LogP contribution in [0, 0.1) is 0 Å². The highest BCUT2D eigenvalue weighted by Gasteiger charge is 2.14. The van der Waals surface area contributed by atoms with Crippen LogP contribution in [-0.2, 0) is 0 Å². The minimum atomic E-state index is 0.0441. The van der Waals surface area contributed by atoms with Gasteiger partial charge >= 0.3 is 0 Å². The highest BCUT2D eigenvalue weighted by Crippen LogP contribution is 2.05. The first-order valence-electron chi connectivity index (χ1n) is 4.49. The lowest BCUT2D eigenvalue weighted by atomic mass is 10.0. The van der Waals surface area contributed by atoms with Crippen LogP contribution in [0.4, 0.5) is 0 Å². The van der Waals surface area contributed by atoms with Crippen molar-refractivity contribution in [2.45, 2.75) is 52.6 Å². The molecule has 72 valence electrons. The number of nitrogens with one attached hydrogen (secondary N) is 1. The Morgan fingerprint density at radius 3 is 2.33 bits per heavy atom. The summed E-state index contributed by atoms with van der Waals surface area (Å²) in [4.78, 5) is 4.19. The normalized spacial score (nSPS) is 13.7. The van der Waals surface area contributed by atoms with Crippen molar-refractivity contribution in [3.05, 3.63) is 0 Å². The van der Waals surface area contributed by atoms with Gasteiger partial charge in [0.1, 0.15) is 0 Å². The Morgan fingerprint density at radius 2 is 2.00 bits per heavy atom. The fourth-order valence-corrected chi connectivity index (χ4v) is 0.746. The second kappa shape index (κ2) is 4.33. The van der Waals surface area contributed by atoms with Gasteiger partial charge in [-0.2, -0.15) is 0 Å². The minimum absolute atomic E-state index is 0.0441. The van der Waals surface area contributed by atoms with Gasteiger partial charge in [0, 0.05) is 11.6 Å². The Labute approximate surface area is 75.4 Å². The number of guanidine groups is 1. The first kappa shape index (κ1) is 11.3. The summed E-state index contributed by atoms with van der Waals surface area (Å²) < 4.78 is 0. The maximum Gasteiger partial charge on any atom is 0.189 e. The lowest BCUT2D eigenvalue weighted by Crippen LogP contribution is -2.47. The molecule has 0 radical (unpaired) electrons. The summed E-state index contributed by atoms with van der Waals surface area (Å²) in [6.45, 7) is 10.3. The van der Waals surface area contributed by atoms with E-state index in [1.165, 1.54) is 0 Å². The van der Waals surface area contributed by atoms with Gasteiger partial charge < -0.3 is 11.1 Å². The van der Waals surface area contributed by atoms with Crippen molar-refractivity contribution in [2.24, 2.45) is 10.7 Å². The molecule has 3 heteroatoms. The fraction of sp³-hybridized carbons (Fsp3) is 0.889. The Hall–Kier alpha value is -0.730. The molecular weight excluding hydrogens is 150 g/mol. The molecule has 0 amide bonds. The van der Waals surface area contributed by atoms with Crippen LogP contribution in [0.3, 0.4) is 0 Å². The van der Waals surface area contributed by atoms with E-state index in [4.69, 9.17) is 5.73 Å². The number of aliphatic imine (C=N–C) groups is 1. The van der Waals surface area contributed by atoms with Crippen molar-refractivity contribution in [3.8, 4) is 0 Å². The zero-order valence-corrected chi connectivity index (χ0v) is 8.81. The van der Waals surface area contributed by atoms with Crippen LogP contribution in [0.2, 0.25) is 0 Å². The molecule has 0 aromatic heterocycles. The molecule has 0 aromatic carbocycles. The fourth-order valence-electron chi connectivity index (χ4n) is 0.746. The molecule has 0 aliphatic rings. The summed E-state index contributed by atoms with van der Waals surface area (Å²) in [6.07, 6.45) is 1.03. The zero-order valence-electron chi connectivity index (χ0n) is 8.81. The number of nitrogens with two attached hydrogens (primary N) is 1. The lowest BCUT2D eigenvalue weighted by molar-refractivity contribution is 0.442. The van der Waals surface area contributed by atoms with Crippen molar-refractivity contribution in [3.63, 3.8) is 0 Å². The highest BCUT2D eigenvalue weighted by molar-refractivity contribution is 5.78. The largest absolute Gasteiger partial charge is 0.370 e. The maximum absolute atomic E-state index is 5.68. The van der Waals surface area contributed by atoms with Gasteiger partial charge in [-0.15, -0.1) is 0 Å². The predicted molar refractivity (Wildman–Crippen MR) is 54.3 cm³/mol. The predicted octanol–water partition coefficient (Wildman–Crippen LogP) is 1.49. The van der Waals surface area contributed by atoms with Crippen molar-refractivity contribution < 1.29 is 0 Å². The third-order valence-electron chi connectivity index (χ3n) is 1.75. The molecule has 0 atom stereocenters. The summed E-state index contributed by atoms with van der Waals surface area (Å²) in [7, 11) is 0. The van der Waals surface area contributed by atoms with Crippen molar-refractivity contribution in [1.82, 2.24) is 5.32 Å². The Kier molecular flexibility index (Phi) is 4.07. The van der Waals surface area contributed by atoms with E-state index < -0.39 is 0 Å². The average Bonchev–Trinajstić information content (AvgIpc) is 1.84. The molecule has 0 spiro atoms. The van der Waals surface area contributed by atoms with Gasteiger partial charge in [-0.1, -0.05) is 6.92 Å². The monoisotopic (exact) mass is 171 g/mol. The van der Waals surface area contributed by atoms with E-state index in [1.807, 2.05) is 13.8 Å². The van der Waals surface area contributed by atoms with Crippen LogP contribution < -0.4 is 11.1 Å². The summed E-state index contributed by atoms with van der Waals surface area (Å²) in [6, 6.07) is 0.255. The van der Waals surface area contributed by atoms with E-state index in [0.717, 1.165) is 6.42 Å². The molecule has 0 saturated carbocycles. The highest BCUT2D eigenvalue weighted by atomic mass is 15.1. The van der Waals surface area contributed by atoms with Crippen molar-refractivity contribution in [2.75, 3.05) is 0 Å². The second-order valence-corrected chi connectivity index (χ2v) is 3.97. The number of rotatable bonds is 3.